The molecule has 3 rings (SSSR count). The molecule has 124 valence electrons. The fraction of sp³-hybridized carbons (Fsp3) is 0.235. The van der Waals surface area contributed by atoms with Gasteiger partial charge in [0.2, 0.25) is 11.8 Å². The van der Waals surface area contributed by atoms with Gasteiger partial charge in [-0.2, -0.15) is 4.98 Å². The Kier molecular flexibility index (Phi) is 4.60. The van der Waals surface area contributed by atoms with Gasteiger partial charge in [-0.1, -0.05) is 12.1 Å². The van der Waals surface area contributed by atoms with Crippen LogP contribution in [0.3, 0.4) is 0 Å². The van der Waals surface area contributed by atoms with Gasteiger partial charge in [-0.15, -0.1) is 0 Å². The van der Waals surface area contributed by atoms with Crippen LogP contribution in [0.5, 0.6) is 11.6 Å². The molecule has 3 aromatic rings. The molecule has 7 nitrogen and oxygen atoms in total. The molecule has 0 saturated heterocycles. The highest BCUT2D eigenvalue weighted by Crippen LogP contribution is 2.26. The van der Waals surface area contributed by atoms with Gasteiger partial charge in [-0.05, 0) is 17.7 Å². The van der Waals surface area contributed by atoms with Crippen molar-refractivity contribution >= 4 is 5.95 Å². The number of anilines is 1. The Bertz CT molecular complexity index is 801. The minimum absolute atomic E-state index is 0.206. The minimum Gasteiger partial charge on any atom is -0.497 e. The summed E-state index contributed by atoms with van der Waals surface area (Å²) in [5, 5.41) is 3.32. The van der Waals surface area contributed by atoms with Gasteiger partial charge in [-0.3, -0.25) is 0 Å². The number of ether oxygens (including phenoxy) is 2. The average molecular weight is 325 g/mol. The number of hydrogen-bond donors (Lipinski definition) is 1. The number of aromatic nitrogens is 4. The van der Waals surface area contributed by atoms with Gasteiger partial charge >= 0.3 is 0 Å². The monoisotopic (exact) mass is 325 g/mol. The maximum atomic E-state index is 5.23. The number of nitrogens with zero attached hydrogens (tertiary/aromatic N) is 4. The third kappa shape index (κ3) is 3.29. The van der Waals surface area contributed by atoms with Crippen molar-refractivity contribution in [3.05, 3.63) is 60.3 Å². The van der Waals surface area contributed by atoms with E-state index in [4.69, 9.17) is 9.47 Å². The summed E-state index contributed by atoms with van der Waals surface area (Å²) in [5.41, 5.74) is 1.02. The number of benzene rings is 1. The van der Waals surface area contributed by atoms with E-state index in [1.54, 1.807) is 32.7 Å². The summed E-state index contributed by atoms with van der Waals surface area (Å²) in [4.78, 5) is 13.0. The average Bonchev–Trinajstić information content (AvgIpc) is 3.06. The van der Waals surface area contributed by atoms with E-state index in [0.29, 0.717) is 11.8 Å². The molecule has 1 aromatic carbocycles. The zero-order valence-electron chi connectivity index (χ0n) is 13.8. The summed E-state index contributed by atoms with van der Waals surface area (Å²) < 4.78 is 12.3. The lowest BCUT2D eigenvalue weighted by Gasteiger charge is -2.19. The lowest BCUT2D eigenvalue weighted by atomic mass is 10.1. The molecule has 0 aliphatic heterocycles. The molecule has 1 unspecified atom stereocenters. The second kappa shape index (κ2) is 6.99. The van der Waals surface area contributed by atoms with E-state index in [2.05, 4.69) is 20.3 Å². The quantitative estimate of drug-likeness (QED) is 0.750. The van der Waals surface area contributed by atoms with Crippen LogP contribution in [0.4, 0.5) is 5.95 Å². The first-order chi connectivity index (χ1) is 11.7. The first-order valence-electron chi connectivity index (χ1n) is 7.46. The molecular formula is C17H19N5O2. The van der Waals surface area contributed by atoms with Gasteiger partial charge in [0.15, 0.2) is 0 Å². The standard InChI is InChI=1S/C17H19N5O2/c1-22-11-10-18-16(22)15(12-4-6-13(23-2)7-5-12)21-17-19-9-8-14(20-17)24-3/h4-11,15H,1-3H3,(H,19,20,21). The van der Waals surface area contributed by atoms with Crippen LogP contribution in [0, 0.1) is 0 Å². The summed E-state index contributed by atoms with van der Waals surface area (Å²) in [7, 11) is 5.17. The van der Waals surface area contributed by atoms with E-state index in [1.165, 1.54) is 0 Å². The van der Waals surface area contributed by atoms with Crippen molar-refractivity contribution in [1.82, 2.24) is 19.5 Å². The molecule has 2 aromatic heterocycles. The van der Waals surface area contributed by atoms with Crippen LogP contribution in [0.2, 0.25) is 0 Å². The molecular weight excluding hydrogens is 306 g/mol. The molecule has 0 aliphatic carbocycles. The molecule has 0 bridgehead atoms. The fourth-order valence-corrected chi connectivity index (χ4v) is 2.40. The lowest BCUT2D eigenvalue weighted by molar-refractivity contribution is 0.397. The number of nitrogens with one attached hydrogen (secondary N) is 1. The zero-order valence-corrected chi connectivity index (χ0v) is 13.8. The Morgan fingerprint density at radius 1 is 1.00 bits per heavy atom. The van der Waals surface area contributed by atoms with Crippen molar-refractivity contribution in [1.29, 1.82) is 0 Å². The largest absolute Gasteiger partial charge is 0.497 e. The molecule has 24 heavy (non-hydrogen) atoms. The van der Waals surface area contributed by atoms with Crippen LogP contribution in [0.25, 0.3) is 0 Å². The number of aryl methyl sites for hydroxylation is 1. The molecule has 7 heteroatoms. The Hall–Kier alpha value is -3.09. The Balaban J connectivity index is 1.96. The molecule has 0 radical (unpaired) electrons. The molecule has 1 N–H and O–H groups in total. The third-order valence-corrected chi connectivity index (χ3v) is 3.68. The second-order valence-electron chi connectivity index (χ2n) is 5.17. The summed E-state index contributed by atoms with van der Waals surface area (Å²) in [6.07, 6.45) is 5.32. The van der Waals surface area contributed by atoms with Crippen LogP contribution in [0.1, 0.15) is 17.4 Å². The fourth-order valence-electron chi connectivity index (χ4n) is 2.40. The molecule has 0 fully saturated rings. The molecule has 0 spiro atoms. The van der Waals surface area contributed by atoms with E-state index in [0.717, 1.165) is 17.1 Å². The van der Waals surface area contributed by atoms with Crippen molar-refractivity contribution < 1.29 is 9.47 Å². The maximum absolute atomic E-state index is 5.23. The van der Waals surface area contributed by atoms with E-state index >= 15 is 0 Å². The molecule has 1 atom stereocenters. The predicted molar refractivity (Wildman–Crippen MR) is 90.3 cm³/mol. The van der Waals surface area contributed by atoms with Crippen LogP contribution < -0.4 is 14.8 Å². The predicted octanol–water partition coefficient (Wildman–Crippen LogP) is 2.43. The highest BCUT2D eigenvalue weighted by molar-refractivity contribution is 5.40. The molecule has 2 heterocycles. The van der Waals surface area contributed by atoms with Gasteiger partial charge < -0.3 is 19.4 Å². The van der Waals surface area contributed by atoms with Crippen molar-refractivity contribution in [2.45, 2.75) is 6.04 Å². The first kappa shape index (κ1) is 15.8. The maximum Gasteiger partial charge on any atom is 0.226 e. The van der Waals surface area contributed by atoms with E-state index in [1.807, 2.05) is 42.1 Å². The number of hydrogen-bond acceptors (Lipinski definition) is 6. The Labute approximate surface area is 140 Å². The smallest absolute Gasteiger partial charge is 0.226 e. The second-order valence-corrected chi connectivity index (χ2v) is 5.17. The summed E-state index contributed by atoms with van der Waals surface area (Å²) >= 11 is 0. The molecule has 0 amide bonds. The molecule has 0 saturated carbocycles. The highest BCUT2D eigenvalue weighted by Gasteiger charge is 2.19. The van der Waals surface area contributed by atoms with Crippen LogP contribution in [-0.4, -0.2) is 33.7 Å². The molecule has 0 aliphatic rings. The van der Waals surface area contributed by atoms with Crippen molar-refractivity contribution in [3.8, 4) is 11.6 Å². The Morgan fingerprint density at radius 2 is 1.79 bits per heavy atom. The third-order valence-electron chi connectivity index (χ3n) is 3.68. The van der Waals surface area contributed by atoms with Crippen LogP contribution >= 0.6 is 0 Å². The topological polar surface area (TPSA) is 74.1 Å². The SMILES string of the molecule is COc1ccc(C(Nc2nccc(OC)n2)c2nccn2C)cc1. The number of rotatable bonds is 6. The van der Waals surface area contributed by atoms with Gasteiger partial charge in [0, 0.05) is 31.7 Å². The summed E-state index contributed by atoms with van der Waals surface area (Å²) in [6.45, 7) is 0. The van der Waals surface area contributed by atoms with Crippen molar-refractivity contribution in [3.63, 3.8) is 0 Å². The first-order valence-corrected chi connectivity index (χ1v) is 7.46. The summed E-state index contributed by atoms with van der Waals surface area (Å²) in [6, 6.07) is 9.31. The van der Waals surface area contributed by atoms with E-state index in [-0.39, 0.29) is 6.04 Å². The minimum atomic E-state index is -0.206. The normalized spacial score (nSPS) is 11.8. The van der Waals surface area contributed by atoms with Crippen LogP contribution in [0.15, 0.2) is 48.9 Å². The van der Waals surface area contributed by atoms with E-state index < -0.39 is 0 Å². The number of methoxy groups -OCH3 is 2. The van der Waals surface area contributed by atoms with Gasteiger partial charge in [0.1, 0.15) is 17.6 Å². The number of imidazole rings is 1. The highest BCUT2D eigenvalue weighted by atomic mass is 16.5. The van der Waals surface area contributed by atoms with Gasteiger partial charge in [0.05, 0.1) is 14.2 Å². The van der Waals surface area contributed by atoms with Crippen molar-refractivity contribution in [2.24, 2.45) is 7.05 Å². The van der Waals surface area contributed by atoms with Gasteiger partial charge in [0.25, 0.3) is 0 Å². The van der Waals surface area contributed by atoms with Crippen molar-refractivity contribution in [2.75, 3.05) is 19.5 Å². The van der Waals surface area contributed by atoms with E-state index in [9.17, 15) is 0 Å². The van der Waals surface area contributed by atoms with Gasteiger partial charge in [-0.25, -0.2) is 9.97 Å². The lowest BCUT2D eigenvalue weighted by Crippen LogP contribution is -2.18. The zero-order chi connectivity index (χ0) is 16.9. The van der Waals surface area contributed by atoms with Crippen LogP contribution in [-0.2, 0) is 7.05 Å². The summed E-state index contributed by atoms with van der Waals surface area (Å²) in [5.74, 6) is 2.63. The Morgan fingerprint density at radius 3 is 2.42 bits per heavy atom.